The van der Waals surface area contributed by atoms with E-state index in [0.717, 1.165) is 12.5 Å². The van der Waals surface area contributed by atoms with Crippen molar-refractivity contribution in [3.63, 3.8) is 0 Å². The van der Waals surface area contributed by atoms with Crippen molar-refractivity contribution in [3.8, 4) is 5.75 Å². The number of nitrogens with one attached hydrogen (secondary N) is 1. The van der Waals surface area contributed by atoms with E-state index >= 15 is 0 Å². The number of hydrogen-bond donors (Lipinski definition) is 1. The topological polar surface area (TPSA) is 89.9 Å². The molecule has 0 unspecified atom stereocenters. The normalized spacial score (nSPS) is 19.7. The second kappa shape index (κ2) is 9.33. The molecule has 1 saturated heterocycles. The lowest BCUT2D eigenvalue weighted by atomic mass is 10.1. The standard InChI is InChI=1S/C23H23F4N3O5/c1-3-13-6-7-30-17(35-13)11-29-10-14(19(31)20(34-2)18(29)22(30)33)21(32)28-9-12-4-5-16(24)15(8-12)23(25,26)27/h4-5,8,10,13,17H,3,6-7,9,11H2,1-2H3,(H,28,32)/t13-,17-/m0/s1. The number of ether oxygens (including phenoxy) is 2. The molecular weight excluding hydrogens is 474 g/mol. The number of hydrogen-bond acceptors (Lipinski definition) is 5. The summed E-state index contributed by atoms with van der Waals surface area (Å²) in [6.45, 7) is 2.21. The van der Waals surface area contributed by atoms with Gasteiger partial charge in [0.05, 0.1) is 25.3 Å². The summed E-state index contributed by atoms with van der Waals surface area (Å²) in [6, 6.07) is 2.35. The average Bonchev–Trinajstić information content (AvgIpc) is 2.82. The van der Waals surface area contributed by atoms with Gasteiger partial charge in [-0.1, -0.05) is 13.0 Å². The molecule has 1 N–H and O–H groups in total. The largest absolute Gasteiger partial charge is 0.491 e. The van der Waals surface area contributed by atoms with Crippen molar-refractivity contribution in [1.29, 1.82) is 0 Å². The van der Waals surface area contributed by atoms with Crippen LogP contribution in [0, 0.1) is 5.82 Å². The number of nitrogens with zero attached hydrogens (tertiary/aromatic N) is 2. The van der Waals surface area contributed by atoms with E-state index in [4.69, 9.17) is 9.47 Å². The van der Waals surface area contributed by atoms with Gasteiger partial charge in [0.25, 0.3) is 11.8 Å². The molecule has 0 bridgehead atoms. The Balaban J connectivity index is 1.61. The number of halogens is 4. The van der Waals surface area contributed by atoms with E-state index in [-0.39, 0.29) is 41.8 Å². The first-order chi connectivity index (χ1) is 16.5. The molecule has 2 aliphatic heterocycles. The Morgan fingerprint density at radius 1 is 1.29 bits per heavy atom. The Kier molecular flexibility index (Phi) is 6.58. The SMILES string of the molecule is CC[C@H]1CCN2C(=O)c3c(OC)c(=O)c(C(=O)NCc4ccc(F)c(C(F)(F)F)c4)cn3C[C@@H]2O1. The van der Waals surface area contributed by atoms with Crippen molar-refractivity contribution in [2.45, 2.75) is 51.4 Å². The zero-order chi connectivity index (χ0) is 25.5. The third-order valence-electron chi connectivity index (χ3n) is 6.14. The lowest BCUT2D eigenvalue weighted by molar-refractivity contribution is -0.140. The highest BCUT2D eigenvalue weighted by atomic mass is 19.4. The van der Waals surface area contributed by atoms with E-state index in [1.807, 2.05) is 6.92 Å². The fourth-order valence-corrected chi connectivity index (χ4v) is 4.30. The maximum absolute atomic E-state index is 13.5. The molecule has 2 atom stereocenters. The van der Waals surface area contributed by atoms with Gasteiger partial charge in [0.2, 0.25) is 5.43 Å². The summed E-state index contributed by atoms with van der Waals surface area (Å²) in [6.07, 6.45) is -2.84. The van der Waals surface area contributed by atoms with Crippen molar-refractivity contribution in [3.05, 3.63) is 62.8 Å². The van der Waals surface area contributed by atoms with Crippen LogP contribution in [0.1, 0.15) is 51.7 Å². The zero-order valence-corrected chi connectivity index (χ0v) is 18.9. The number of rotatable bonds is 5. The Morgan fingerprint density at radius 2 is 2.03 bits per heavy atom. The molecule has 3 heterocycles. The summed E-state index contributed by atoms with van der Waals surface area (Å²) in [5.41, 5.74) is -2.66. The van der Waals surface area contributed by atoms with Gasteiger partial charge < -0.3 is 24.3 Å². The van der Waals surface area contributed by atoms with Crippen LogP contribution in [0.25, 0.3) is 0 Å². The lowest BCUT2D eigenvalue weighted by Crippen LogP contribution is -2.55. The first-order valence-electron chi connectivity index (χ1n) is 11.0. The third-order valence-corrected chi connectivity index (χ3v) is 6.14. The van der Waals surface area contributed by atoms with E-state index in [9.17, 15) is 31.9 Å². The molecule has 1 fully saturated rings. The number of carbonyl (C=O) groups is 2. The first-order valence-corrected chi connectivity index (χ1v) is 11.0. The van der Waals surface area contributed by atoms with E-state index < -0.39 is 41.0 Å². The Hall–Kier alpha value is -3.41. The van der Waals surface area contributed by atoms with Gasteiger partial charge in [0, 0.05) is 19.3 Å². The molecule has 2 aromatic rings. The van der Waals surface area contributed by atoms with Gasteiger partial charge >= 0.3 is 6.18 Å². The quantitative estimate of drug-likeness (QED) is 0.642. The van der Waals surface area contributed by atoms with Crippen molar-refractivity contribution >= 4 is 11.8 Å². The molecule has 0 aliphatic carbocycles. The predicted molar refractivity (Wildman–Crippen MR) is 114 cm³/mol. The maximum Gasteiger partial charge on any atom is 0.419 e. The van der Waals surface area contributed by atoms with E-state index in [0.29, 0.717) is 25.1 Å². The molecule has 8 nitrogen and oxygen atoms in total. The van der Waals surface area contributed by atoms with E-state index in [2.05, 4.69) is 5.32 Å². The number of benzene rings is 1. The maximum atomic E-state index is 13.5. The van der Waals surface area contributed by atoms with Crippen LogP contribution in [0.3, 0.4) is 0 Å². The fourth-order valence-electron chi connectivity index (χ4n) is 4.30. The number of methoxy groups -OCH3 is 1. The minimum Gasteiger partial charge on any atom is -0.491 e. The molecule has 0 spiro atoms. The summed E-state index contributed by atoms with van der Waals surface area (Å²) >= 11 is 0. The fraction of sp³-hybridized carbons (Fsp3) is 0.435. The van der Waals surface area contributed by atoms with Crippen LogP contribution in [0.4, 0.5) is 17.6 Å². The minimum absolute atomic E-state index is 0.00259. The number of amides is 2. The number of aromatic nitrogens is 1. The first kappa shape index (κ1) is 24.7. The molecule has 1 aromatic carbocycles. The van der Waals surface area contributed by atoms with Crippen LogP contribution < -0.4 is 15.5 Å². The Morgan fingerprint density at radius 3 is 2.69 bits per heavy atom. The third kappa shape index (κ3) is 4.62. The zero-order valence-electron chi connectivity index (χ0n) is 18.9. The highest BCUT2D eigenvalue weighted by Gasteiger charge is 2.40. The van der Waals surface area contributed by atoms with E-state index in [1.165, 1.54) is 22.8 Å². The van der Waals surface area contributed by atoms with Crippen molar-refractivity contribution in [2.24, 2.45) is 0 Å². The van der Waals surface area contributed by atoms with Crippen LogP contribution in [-0.2, 0) is 24.0 Å². The van der Waals surface area contributed by atoms with Crippen LogP contribution >= 0.6 is 0 Å². The van der Waals surface area contributed by atoms with Crippen molar-refractivity contribution in [1.82, 2.24) is 14.8 Å². The van der Waals surface area contributed by atoms with Gasteiger partial charge in [-0.25, -0.2) is 4.39 Å². The molecule has 0 saturated carbocycles. The van der Waals surface area contributed by atoms with Crippen molar-refractivity contribution < 1.29 is 36.6 Å². The number of fused-ring (bicyclic) bond motifs is 2. The van der Waals surface area contributed by atoms with Gasteiger partial charge in [-0.2, -0.15) is 13.2 Å². The second-order valence-electron chi connectivity index (χ2n) is 8.31. The summed E-state index contributed by atoms with van der Waals surface area (Å²) in [5.74, 6) is -3.07. The molecule has 1 aromatic heterocycles. The molecule has 188 valence electrons. The summed E-state index contributed by atoms with van der Waals surface area (Å²) in [5, 5.41) is 2.37. The van der Waals surface area contributed by atoms with Gasteiger partial charge in [-0.15, -0.1) is 0 Å². The minimum atomic E-state index is -4.90. The molecular formula is C23H23F4N3O5. The molecule has 0 radical (unpaired) electrons. The Labute approximate surface area is 197 Å². The smallest absolute Gasteiger partial charge is 0.419 e. The predicted octanol–water partition coefficient (Wildman–Crippen LogP) is 2.93. The monoisotopic (exact) mass is 497 g/mol. The van der Waals surface area contributed by atoms with Crippen LogP contribution in [0.15, 0.2) is 29.2 Å². The Bertz CT molecular complexity index is 1230. The van der Waals surface area contributed by atoms with Gasteiger partial charge in [-0.05, 0) is 30.5 Å². The van der Waals surface area contributed by atoms with Crippen LogP contribution in [-0.4, -0.2) is 47.3 Å². The van der Waals surface area contributed by atoms with Gasteiger partial charge in [0.15, 0.2) is 17.7 Å². The summed E-state index contributed by atoms with van der Waals surface area (Å²) in [7, 11) is 1.20. The summed E-state index contributed by atoms with van der Waals surface area (Å²) < 4.78 is 65.0. The molecule has 4 rings (SSSR count). The highest BCUT2D eigenvalue weighted by molar-refractivity contribution is 5.99. The second-order valence-corrected chi connectivity index (χ2v) is 8.31. The van der Waals surface area contributed by atoms with Crippen molar-refractivity contribution in [2.75, 3.05) is 13.7 Å². The molecule has 35 heavy (non-hydrogen) atoms. The number of carbonyl (C=O) groups excluding carboxylic acids is 2. The molecule has 12 heteroatoms. The number of pyridine rings is 1. The molecule has 2 aliphatic rings. The van der Waals surface area contributed by atoms with Gasteiger partial charge in [0.1, 0.15) is 11.4 Å². The van der Waals surface area contributed by atoms with Gasteiger partial charge in [-0.3, -0.25) is 14.4 Å². The summed E-state index contributed by atoms with van der Waals surface area (Å²) in [4.78, 5) is 40.4. The average molecular weight is 497 g/mol. The van der Waals surface area contributed by atoms with Crippen LogP contribution in [0.2, 0.25) is 0 Å². The van der Waals surface area contributed by atoms with E-state index in [1.54, 1.807) is 0 Å². The highest BCUT2D eigenvalue weighted by Crippen LogP contribution is 2.32. The van der Waals surface area contributed by atoms with Crippen LogP contribution in [0.5, 0.6) is 5.75 Å². The number of alkyl halides is 3. The lowest BCUT2D eigenvalue weighted by Gasteiger charge is -2.43. The molecule has 2 amide bonds.